The molecular weight excluding hydrogens is 298 g/mol. The van der Waals surface area contributed by atoms with Crippen LogP contribution in [0.5, 0.6) is 17.2 Å². The molecule has 3 nitrogen and oxygen atoms in total. The lowest BCUT2D eigenvalue weighted by molar-refractivity contribution is 0.313. The van der Waals surface area contributed by atoms with Gasteiger partial charge in [0.2, 0.25) is 0 Å². The summed E-state index contributed by atoms with van der Waals surface area (Å²) in [5.74, 6) is 2.48. The average Bonchev–Trinajstić information content (AvgIpc) is 2.65. The minimum Gasteiger partial charge on any atom is -0.492 e. The Kier molecular flexibility index (Phi) is 5.87. The molecule has 3 aromatic carbocycles. The predicted octanol–water partition coefficient (Wildman–Crippen LogP) is 4.65. The molecule has 0 radical (unpaired) electrons. The molecule has 0 saturated heterocycles. The van der Waals surface area contributed by atoms with Gasteiger partial charge in [-0.15, -0.1) is 0 Å². The van der Waals surface area contributed by atoms with Crippen molar-refractivity contribution in [2.45, 2.75) is 6.54 Å². The Morgan fingerprint density at radius 1 is 0.625 bits per heavy atom. The summed E-state index contributed by atoms with van der Waals surface area (Å²) in [4.78, 5) is 0. The van der Waals surface area contributed by atoms with Crippen LogP contribution in [0.4, 0.5) is 0 Å². The number of rotatable bonds is 8. The van der Waals surface area contributed by atoms with Gasteiger partial charge in [-0.3, -0.25) is 0 Å². The van der Waals surface area contributed by atoms with Crippen molar-refractivity contribution in [3.63, 3.8) is 0 Å². The molecule has 3 heteroatoms. The molecule has 0 aliphatic carbocycles. The second kappa shape index (κ2) is 8.75. The molecular formula is C21H21NO2. The number of para-hydroxylation sites is 1. The van der Waals surface area contributed by atoms with Crippen LogP contribution in [0.2, 0.25) is 0 Å². The summed E-state index contributed by atoms with van der Waals surface area (Å²) < 4.78 is 11.5. The van der Waals surface area contributed by atoms with Gasteiger partial charge in [-0.1, -0.05) is 48.5 Å². The molecule has 0 saturated carbocycles. The Labute approximate surface area is 142 Å². The zero-order valence-electron chi connectivity index (χ0n) is 13.5. The van der Waals surface area contributed by atoms with E-state index in [1.807, 2.05) is 72.8 Å². The van der Waals surface area contributed by atoms with Crippen LogP contribution in [-0.4, -0.2) is 13.2 Å². The molecule has 0 heterocycles. The molecule has 0 spiro atoms. The first-order valence-corrected chi connectivity index (χ1v) is 8.10. The number of nitrogens with one attached hydrogen (secondary N) is 1. The van der Waals surface area contributed by atoms with Crippen LogP contribution in [0.1, 0.15) is 5.56 Å². The molecule has 0 aliphatic rings. The van der Waals surface area contributed by atoms with E-state index < -0.39 is 0 Å². The fraction of sp³-hybridized carbons (Fsp3) is 0.143. The van der Waals surface area contributed by atoms with Crippen molar-refractivity contribution in [3.05, 3.63) is 90.5 Å². The van der Waals surface area contributed by atoms with Gasteiger partial charge in [-0.05, 0) is 42.0 Å². The van der Waals surface area contributed by atoms with E-state index in [1.54, 1.807) is 0 Å². The second-order valence-electron chi connectivity index (χ2n) is 5.40. The summed E-state index contributed by atoms with van der Waals surface area (Å²) in [6, 6.07) is 27.8. The molecule has 0 amide bonds. The quantitative estimate of drug-likeness (QED) is 0.613. The third-order valence-electron chi connectivity index (χ3n) is 3.52. The Morgan fingerprint density at radius 3 is 1.92 bits per heavy atom. The molecule has 122 valence electrons. The molecule has 24 heavy (non-hydrogen) atoms. The van der Waals surface area contributed by atoms with Gasteiger partial charge in [0.15, 0.2) is 0 Å². The minimum atomic E-state index is 0.631. The van der Waals surface area contributed by atoms with E-state index in [1.165, 1.54) is 5.56 Å². The van der Waals surface area contributed by atoms with Crippen LogP contribution in [0.3, 0.4) is 0 Å². The van der Waals surface area contributed by atoms with Crippen LogP contribution in [0, 0.1) is 0 Å². The van der Waals surface area contributed by atoms with Gasteiger partial charge in [-0.25, -0.2) is 0 Å². The lowest BCUT2D eigenvalue weighted by Gasteiger charge is -2.09. The molecule has 0 aromatic heterocycles. The van der Waals surface area contributed by atoms with E-state index >= 15 is 0 Å². The lowest BCUT2D eigenvalue weighted by atomic mass is 10.2. The molecule has 0 fully saturated rings. The molecule has 0 unspecified atom stereocenters. The average molecular weight is 319 g/mol. The van der Waals surface area contributed by atoms with Gasteiger partial charge in [0.1, 0.15) is 23.9 Å². The molecule has 0 bridgehead atoms. The topological polar surface area (TPSA) is 30.5 Å². The highest BCUT2D eigenvalue weighted by Crippen LogP contribution is 2.23. The van der Waals surface area contributed by atoms with Crippen LogP contribution in [0.15, 0.2) is 84.9 Å². The third kappa shape index (κ3) is 5.14. The molecule has 3 aromatic rings. The van der Waals surface area contributed by atoms with Gasteiger partial charge in [-0.2, -0.15) is 0 Å². The summed E-state index contributed by atoms with van der Waals surface area (Å²) in [5.41, 5.74) is 1.28. The first-order chi connectivity index (χ1) is 11.9. The maximum absolute atomic E-state index is 5.76. The normalized spacial score (nSPS) is 10.3. The summed E-state index contributed by atoms with van der Waals surface area (Å²) in [6.45, 7) is 2.29. The Balaban J connectivity index is 1.38. The zero-order chi connectivity index (χ0) is 16.5. The second-order valence-corrected chi connectivity index (χ2v) is 5.40. The lowest BCUT2D eigenvalue weighted by Crippen LogP contribution is -2.20. The van der Waals surface area contributed by atoms with E-state index in [0.29, 0.717) is 6.61 Å². The van der Waals surface area contributed by atoms with Gasteiger partial charge >= 0.3 is 0 Å². The summed E-state index contributed by atoms with van der Waals surface area (Å²) >= 11 is 0. The summed E-state index contributed by atoms with van der Waals surface area (Å²) in [7, 11) is 0. The van der Waals surface area contributed by atoms with Crippen molar-refractivity contribution in [3.8, 4) is 17.2 Å². The largest absolute Gasteiger partial charge is 0.492 e. The fourth-order valence-corrected chi connectivity index (χ4v) is 2.30. The van der Waals surface area contributed by atoms with Crippen molar-refractivity contribution in [1.29, 1.82) is 0 Å². The molecule has 3 rings (SSSR count). The SMILES string of the molecule is c1ccc(CNCCOc2ccc(Oc3ccccc3)cc2)cc1. The van der Waals surface area contributed by atoms with Gasteiger partial charge in [0, 0.05) is 13.1 Å². The Morgan fingerprint density at radius 2 is 1.21 bits per heavy atom. The van der Waals surface area contributed by atoms with E-state index in [9.17, 15) is 0 Å². The number of hydrogen-bond acceptors (Lipinski definition) is 3. The summed E-state index contributed by atoms with van der Waals surface area (Å²) in [6.07, 6.45) is 0. The highest BCUT2D eigenvalue weighted by Gasteiger charge is 1.98. The van der Waals surface area contributed by atoms with E-state index in [2.05, 4.69) is 17.4 Å². The fourth-order valence-electron chi connectivity index (χ4n) is 2.30. The van der Waals surface area contributed by atoms with Crippen molar-refractivity contribution < 1.29 is 9.47 Å². The Hall–Kier alpha value is -2.78. The van der Waals surface area contributed by atoms with E-state index in [-0.39, 0.29) is 0 Å². The van der Waals surface area contributed by atoms with Gasteiger partial charge < -0.3 is 14.8 Å². The number of ether oxygens (including phenoxy) is 2. The predicted molar refractivity (Wildman–Crippen MR) is 96.6 cm³/mol. The van der Waals surface area contributed by atoms with Gasteiger partial charge in [0.05, 0.1) is 0 Å². The van der Waals surface area contributed by atoms with Gasteiger partial charge in [0.25, 0.3) is 0 Å². The van der Waals surface area contributed by atoms with E-state index in [4.69, 9.17) is 9.47 Å². The highest BCUT2D eigenvalue weighted by molar-refractivity contribution is 5.35. The smallest absolute Gasteiger partial charge is 0.127 e. The minimum absolute atomic E-state index is 0.631. The maximum Gasteiger partial charge on any atom is 0.127 e. The van der Waals surface area contributed by atoms with Crippen molar-refractivity contribution in [2.24, 2.45) is 0 Å². The summed E-state index contributed by atoms with van der Waals surface area (Å²) in [5, 5.41) is 3.37. The van der Waals surface area contributed by atoms with Crippen LogP contribution >= 0.6 is 0 Å². The van der Waals surface area contributed by atoms with Crippen molar-refractivity contribution in [2.75, 3.05) is 13.2 Å². The number of benzene rings is 3. The molecule has 0 aliphatic heterocycles. The highest BCUT2D eigenvalue weighted by atomic mass is 16.5. The zero-order valence-corrected chi connectivity index (χ0v) is 13.5. The first-order valence-electron chi connectivity index (χ1n) is 8.10. The molecule has 0 atom stereocenters. The first kappa shape index (κ1) is 16.1. The third-order valence-corrected chi connectivity index (χ3v) is 3.52. The maximum atomic E-state index is 5.76. The van der Waals surface area contributed by atoms with Crippen LogP contribution in [0.25, 0.3) is 0 Å². The molecule has 1 N–H and O–H groups in total. The Bertz CT molecular complexity index is 712. The van der Waals surface area contributed by atoms with Crippen molar-refractivity contribution in [1.82, 2.24) is 5.32 Å². The monoisotopic (exact) mass is 319 g/mol. The standard InChI is InChI=1S/C21H21NO2/c1-3-7-18(8-4-1)17-22-15-16-23-19-11-13-21(14-12-19)24-20-9-5-2-6-10-20/h1-14,22H,15-17H2. The number of hydrogen-bond donors (Lipinski definition) is 1. The van der Waals surface area contributed by atoms with Crippen molar-refractivity contribution >= 4 is 0 Å². The van der Waals surface area contributed by atoms with Crippen LogP contribution < -0.4 is 14.8 Å². The van der Waals surface area contributed by atoms with E-state index in [0.717, 1.165) is 30.3 Å². The van der Waals surface area contributed by atoms with Crippen LogP contribution in [-0.2, 0) is 6.54 Å².